The lowest BCUT2D eigenvalue weighted by Gasteiger charge is -2.32. The number of carbonyl (C=O) groups is 2. The minimum absolute atomic E-state index is 0.0498. The van der Waals surface area contributed by atoms with E-state index in [1.165, 1.54) is 4.90 Å². The molecule has 2 amide bonds. The topological polar surface area (TPSA) is 58.6 Å². The van der Waals surface area contributed by atoms with Crippen LogP contribution in [0.3, 0.4) is 0 Å². The molecule has 0 bridgehead atoms. The summed E-state index contributed by atoms with van der Waals surface area (Å²) in [5.41, 5.74) is 1.59. The maximum Gasteiger partial charge on any atom is 0.261 e. The van der Waals surface area contributed by atoms with Gasteiger partial charge in [-0.1, -0.05) is 90.3 Å². The quantitative estimate of drug-likeness (QED) is 0.295. The summed E-state index contributed by atoms with van der Waals surface area (Å²) in [5.74, 6) is -0.230. The minimum atomic E-state index is -0.796. The lowest BCUT2D eigenvalue weighted by Crippen LogP contribution is -2.53. The number of hydrogen-bond acceptors (Lipinski definition) is 3. The van der Waals surface area contributed by atoms with Crippen molar-refractivity contribution in [3.63, 3.8) is 0 Å². The zero-order valence-corrected chi connectivity index (χ0v) is 22.5. The molecule has 0 aliphatic carbocycles. The normalized spacial score (nSPS) is 12.5. The predicted molar refractivity (Wildman–Crippen MR) is 146 cm³/mol. The fourth-order valence-electron chi connectivity index (χ4n) is 3.61. The van der Waals surface area contributed by atoms with E-state index in [0.717, 1.165) is 12.0 Å². The molecule has 0 aliphatic rings. The van der Waals surface area contributed by atoms with E-state index in [2.05, 4.69) is 5.32 Å². The third-order valence-corrected chi connectivity index (χ3v) is 6.71. The average molecular weight is 548 g/mol. The molecule has 3 aromatic carbocycles. The van der Waals surface area contributed by atoms with Gasteiger partial charge in [-0.25, -0.2) is 0 Å². The molecule has 0 radical (unpaired) electrons. The molecule has 5 nitrogen and oxygen atoms in total. The van der Waals surface area contributed by atoms with Gasteiger partial charge in [0.25, 0.3) is 5.91 Å². The molecule has 8 heteroatoms. The summed E-state index contributed by atoms with van der Waals surface area (Å²) in [5, 5.41) is 4.32. The Hall–Kier alpha value is -2.73. The van der Waals surface area contributed by atoms with Crippen molar-refractivity contribution in [1.82, 2.24) is 10.2 Å². The second-order valence-electron chi connectivity index (χ2n) is 8.50. The first-order chi connectivity index (χ1) is 17.3. The van der Waals surface area contributed by atoms with Crippen LogP contribution in [0, 0.1) is 0 Å². The number of amides is 2. The van der Waals surface area contributed by atoms with Crippen LogP contribution in [-0.4, -0.2) is 35.4 Å². The molecule has 0 heterocycles. The zero-order valence-electron chi connectivity index (χ0n) is 20.2. The first kappa shape index (κ1) is 27.9. The number of rotatable bonds is 11. The smallest absolute Gasteiger partial charge is 0.261 e. The molecule has 3 rings (SSSR count). The maximum absolute atomic E-state index is 13.6. The summed E-state index contributed by atoms with van der Waals surface area (Å²) < 4.78 is 5.74. The largest absolute Gasteiger partial charge is 0.482 e. The van der Waals surface area contributed by atoms with Crippen molar-refractivity contribution < 1.29 is 14.3 Å². The highest BCUT2D eigenvalue weighted by atomic mass is 35.5. The Kier molecular flexibility index (Phi) is 10.5. The van der Waals surface area contributed by atoms with Crippen LogP contribution in [0.1, 0.15) is 31.4 Å². The summed E-state index contributed by atoms with van der Waals surface area (Å²) in [6.07, 6.45) is 1.09. The van der Waals surface area contributed by atoms with Crippen LogP contribution in [0.2, 0.25) is 15.1 Å². The number of nitrogens with one attached hydrogen (secondary N) is 1. The summed E-state index contributed by atoms with van der Waals surface area (Å²) in [6.45, 7) is 3.73. The molecule has 0 aliphatic heterocycles. The van der Waals surface area contributed by atoms with Crippen molar-refractivity contribution >= 4 is 46.6 Å². The van der Waals surface area contributed by atoms with E-state index in [9.17, 15) is 9.59 Å². The standard InChI is InChI=1S/C28H29Cl3N2O3/c1-3-19(2)32-28(35)25(15-20-9-5-4-6-10-20)33(17-21-13-14-22(29)16-24(21)31)27(34)18-36-26-12-8-7-11-23(26)30/h4-14,16,19,25H,3,15,17-18H2,1-2H3,(H,32,35)/t19-,25+/m0/s1. The van der Waals surface area contributed by atoms with E-state index in [1.807, 2.05) is 44.2 Å². The molecule has 190 valence electrons. The molecule has 0 saturated heterocycles. The fourth-order valence-corrected chi connectivity index (χ4v) is 4.27. The SMILES string of the molecule is CC[C@H](C)NC(=O)[C@@H](Cc1ccccc1)N(Cc1ccc(Cl)cc1Cl)C(=O)COc1ccccc1Cl. The van der Waals surface area contributed by atoms with E-state index in [-0.39, 0.29) is 31.0 Å². The molecule has 0 aromatic heterocycles. The summed E-state index contributed by atoms with van der Waals surface area (Å²) in [6, 6.07) is 20.7. The van der Waals surface area contributed by atoms with Crippen molar-refractivity contribution in [1.29, 1.82) is 0 Å². The highest BCUT2D eigenvalue weighted by Gasteiger charge is 2.31. The Bertz CT molecular complexity index is 1170. The first-order valence-electron chi connectivity index (χ1n) is 11.7. The molecule has 0 saturated carbocycles. The van der Waals surface area contributed by atoms with Crippen LogP contribution in [-0.2, 0) is 22.6 Å². The van der Waals surface area contributed by atoms with E-state index >= 15 is 0 Å². The van der Waals surface area contributed by atoms with Gasteiger partial charge in [-0.05, 0) is 48.7 Å². The molecule has 0 spiro atoms. The van der Waals surface area contributed by atoms with Gasteiger partial charge in [0, 0.05) is 29.1 Å². The van der Waals surface area contributed by atoms with Crippen molar-refractivity contribution in [2.75, 3.05) is 6.61 Å². The number of carbonyl (C=O) groups excluding carboxylic acids is 2. The van der Waals surface area contributed by atoms with Crippen LogP contribution in [0.25, 0.3) is 0 Å². The lowest BCUT2D eigenvalue weighted by atomic mass is 10.0. The van der Waals surface area contributed by atoms with Gasteiger partial charge < -0.3 is 15.0 Å². The number of benzene rings is 3. The summed E-state index contributed by atoms with van der Waals surface area (Å²) in [4.78, 5) is 28.6. The predicted octanol–water partition coefficient (Wildman–Crippen LogP) is 6.58. The molecule has 0 fully saturated rings. The Morgan fingerprint density at radius 1 is 0.944 bits per heavy atom. The van der Waals surface area contributed by atoms with E-state index in [1.54, 1.807) is 42.5 Å². The highest BCUT2D eigenvalue weighted by Crippen LogP contribution is 2.26. The maximum atomic E-state index is 13.6. The summed E-state index contributed by atoms with van der Waals surface area (Å²) in [7, 11) is 0. The van der Waals surface area contributed by atoms with Gasteiger partial charge >= 0.3 is 0 Å². The molecule has 3 aromatic rings. The van der Waals surface area contributed by atoms with Crippen LogP contribution >= 0.6 is 34.8 Å². The molecule has 0 unspecified atom stereocenters. The van der Waals surface area contributed by atoms with Crippen molar-refractivity contribution in [2.45, 2.75) is 45.3 Å². The second-order valence-corrected chi connectivity index (χ2v) is 9.75. The van der Waals surface area contributed by atoms with E-state index in [0.29, 0.717) is 32.8 Å². The molecular formula is C28H29Cl3N2O3. The van der Waals surface area contributed by atoms with Crippen molar-refractivity contribution in [2.24, 2.45) is 0 Å². The van der Waals surface area contributed by atoms with Crippen LogP contribution < -0.4 is 10.1 Å². The van der Waals surface area contributed by atoms with Gasteiger partial charge in [-0.15, -0.1) is 0 Å². The monoisotopic (exact) mass is 546 g/mol. The Balaban J connectivity index is 1.95. The van der Waals surface area contributed by atoms with Gasteiger partial charge in [-0.2, -0.15) is 0 Å². The van der Waals surface area contributed by atoms with Crippen molar-refractivity contribution in [3.05, 3.63) is 99.0 Å². The fraction of sp³-hybridized carbons (Fsp3) is 0.286. The summed E-state index contributed by atoms with van der Waals surface area (Å²) >= 11 is 18.7. The van der Waals surface area contributed by atoms with Crippen LogP contribution in [0.5, 0.6) is 5.75 Å². The van der Waals surface area contributed by atoms with Crippen LogP contribution in [0.4, 0.5) is 0 Å². The van der Waals surface area contributed by atoms with Gasteiger partial charge in [0.15, 0.2) is 6.61 Å². The molecular weight excluding hydrogens is 519 g/mol. The number of nitrogens with zero attached hydrogens (tertiary/aromatic N) is 1. The number of ether oxygens (including phenoxy) is 1. The van der Waals surface area contributed by atoms with Crippen LogP contribution in [0.15, 0.2) is 72.8 Å². The van der Waals surface area contributed by atoms with Gasteiger partial charge in [0.1, 0.15) is 11.8 Å². The average Bonchev–Trinajstić information content (AvgIpc) is 2.87. The number of hydrogen-bond donors (Lipinski definition) is 1. The van der Waals surface area contributed by atoms with Gasteiger partial charge in [-0.3, -0.25) is 9.59 Å². The molecule has 1 N–H and O–H groups in total. The first-order valence-corrected chi connectivity index (χ1v) is 12.9. The van der Waals surface area contributed by atoms with E-state index in [4.69, 9.17) is 39.5 Å². The Morgan fingerprint density at radius 2 is 1.64 bits per heavy atom. The van der Waals surface area contributed by atoms with Gasteiger partial charge in [0.2, 0.25) is 5.91 Å². The third kappa shape index (κ3) is 7.89. The molecule has 2 atom stereocenters. The third-order valence-electron chi connectivity index (χ3n) is 5.82. The number of para-hydroxylation sites is 1. The lowest BCUT2D eigenvalue weighted by molar-refractivity contribution is -0.143. The zero-order chi connectivity index (χ0) is 26.1. The van der Waals surface area contributed by atoms with E-state index < -0.39 is 6.04 Å². The Morgan fingerprint density at radius 3 is 2.31 bits per heavy atom. The van der Waals surface area contributed by atoms with Gasteiger partial charge in [0.05, 0.1) is 5.02 Å². The Labute approximate surface area is 227 Å². The number of halogens is 3. The van der Waals surface area contributed by atoms with Crippen molar-refractivity contribution in [3.8, 4) is 5.75 Å². The molecule has 36 heavy (non-hydrogen) atoms. The highest BCUT2D eigenvalue weighted by molar-refractivity contribution is 6.35. The minimum Gasteiger partial charge on any atom is -0.482 e. The second kappa shape index (κ2) is 13.5.